The van der Waals surface area contributed by atoms with Gasteiger partial charge in [0.2, 0.25) is 0 Å². The summed E-state index contributed by atoms with van der Waals surface area (Å²) in [6, 6.07) is 0. The Balaban J connectivity index is 4.32. The molecule has 0 aromatic heterocycles. The van der Waals surface area contributed by atoms with Gasteiger partial charge in [0.1, 0.15) is 25.4 Å². The summed E-state index contributed by atoms with van der Waals surface area (Å²) in [5.74, 6) is -1.58. The zero-order chi connectivity index (χ0) is 69.5. The van der Waals surface area contributed by atoms with Gasteiger partial charge >= 0.3 is 33.6 Å². The van der Waals surface area contributed by atoms with Crippen LogP contribution in [0, 0.1) is 0 Å². The highest BCUT2D eigenvalue weighted by Crippen LogP contribution is 2.45. The first kappa shape index (κ1) is 92.0. The van der Waals surface area contributed by atoms with Crippen molar-refractivity contribution in [1.82, 2.24) is 0 Å². The molecular formula is C77H140O16P2. The number of aliphatic hydroxyl groups excluding tert-OH is 2. The fourth-order valence-corrected chi connectivity index (χ4v) is 12.1. The van der Waals surface area contributed by atoms with Crippen molar-refractivity contribution in [2.45, 2.75) is 360 Å². The molecule has 0 aromatic rings. The van der Waals surface area contributed by atoms with E-state index in [4.69, 9.17) is 32.3 Å². The quantitative estimate of drug-likeness (QED) is 0.0146. The number of rotatable bonds is 73. The number of hydrogen-bond donors (Lipinski definition) is 4. The van der Waals surface area contributed by atoms with Crippen LogP contribution in [0.1, 0.15) is 342 Å². The molecule has 0 amide bonds. The number of hydrogen-bond acceptors (Lipinski definition) is 14. The van der Waals surface area contributed by atoms with E-state index in [0.29, 0.717) is 19.3 Å². The van der Waals surface area contributed by atoms with Crippen LogP contribution in [-0.4, -0.2) is 95.9 Å². The molecule has 0 bridgehead atoms. The zero-order valence-electron chi connectivity index (χ0n) is 60.3. The van der Waals surface area contributed by atoms with Gasteiger partial charge in [-0.3, -0.25) is 32.5 Å². The molecule has 0 radical (unpaired) electrons. The number of phosphoric ester groups is 2. The second-order valence-corrected chi connectivity index (χ2v) is 28.7. The molecule has 5 atom stereocenters. The second kappa shape index (κ2) is 70.8. The maximum atomic E-state index is 12.9. The van der Waals surface area contributed by atoms with Crippen molar-refractivity contribution < 1.29 is 75.8 Å². The molecule has 0 spiro atoms. The fourth-order valence-electron chi connectivity index (χ4n) is 10.5. The van der Waals surface area contributed by atoms with E-state index in [1.165, 1.54) is 167 Å². The third-order valence-electron chi connectivity index (χ3n) is 16.4. The van der Waals surface area contributed by atoms with E-state index in [9.17, 15) is 43.5 Å². The number of aliphatic hydroxyl groups is 2. The highest BCUT2D eigenvalue weighted by molar-refractivity contribution is 7.47. The Kier molecular flexibility index (Phi) is 68.6. The smallest absolute Gasteiger partial charge is 0.463 e. The number of carbonyl (C=O) groups excluding carboxylic acids is 3. The summed E-state index contributed by atoms with van der Waals surface area (Å²) in [4.78, 5) is 58.4. The summed E-state index contributed by atoms with van der Waals surface area (Å²) in [7, 11) is -9.77. The number of esters is 3. The number of ether oxygens (including phenoxy) is 3. The molecule has 95 heavy (non-hydrogen) atoms. The summed E-state index contributed by atoms with van der Waals surface area (Å²) in [6.07, 6.45) is 77.0. The highest BCUT2D eigenvalue weighted by atomic mass is 31.2. The minimum atomic E-state index is -4.92. The molecule has 0 aliphatic heterocycles. The Hall–Kier alpha value is -3.01. The first-order valence-corrected chi connectivity index (χ1v) is 41.2. The van der Waals surface area contributed by atoms with E-state index in [1.807, 2.05) is 0 Å². The van der Waals surface area contributed by atoms with Gasteiger partial charge < -0.3 is 34.2 Å². The largest absolute Gasteiger partial charge is 0.472 e. The van der Waals surface area contributed by atoms with E-state index in [-0.39, 0.29) is 19.3 Å². The molecule has 0 saturated carbocycles. The summed E-state index contributed by atoms with van der Waals surface area (Å²) in [5, 5.41) is 20.6. The molecule has 5 unspecified atom stereocenters. The third-order valence-corrected chi connectivity index (χ3v) is 18.3. The van der Waals surface area contributed by atoms with Gasteiger partial charge in [0.05, 0.1) is 26.4 Å². The zero-order valence-corrected chi connectivity index (χ0v) is 62.1. The lowest BCUT2D eigenvalue weighted by molar-refractivity contribution is -0.161. The van der Waals surface area contributed by atoms with E-state index in [2.05, 4.69) is 93.7 Å². The summed E-state index contributed by atoms with van der Waals surface area (Å²) >= 11 is 0. The first-order chi connectivity index (χ1) is 46.2. The predicted molar refractivity (Wildman–Crippen MR) is 390 cm³/mol. The van der Waals surface area contributed by atoms with E-state index in [1.54, 1.807) is 0 Å². The monoisotopic (exact) mass is 1380 g/mol. The van der Waals surface area contributed by atoms with Crippen LogP contribution < -0.4 is 0 Å². The molecule has 0 aromatic carbocycles. The van der Waals surface area contributed by atoms with E-state index < -0.39 is 91.5 Å². The topological polar surface area (TPSA) is 231 Å². The van der Waals surface area contributed by atoms with Crippen LogP contribution in [0.25, 0.3) is 0 Å². The van der Waals surface area contributed by atoms with Crippen LogP contribution in [0.2, 0.25) is 0 Å². The average molecular weight is 1380 g/mol. The van der Waals surface area contributed by atoms with Gasteiger partial charge in [0.15, 0.2) is 6.10 Å². The lowest BCUT2D eigenvalue weighted by Crippen LogP contribution is -2.30. The Bertz CT molecular complexity index is 2020. The second-order valence-electron chi connectivity index (χ2n) is 25.8. The van der Waals surface area contributed by atoms with Crippen molar-refractivity contribution in [1.29, 1.82) is 0 Å². The number of phosphoric acid groups is 2. The molecule has 0 aliphatic rings. The average Bonchev–Trinajstić information content (AvgIpc) is 2.18. The molecule has 16 nitrogen and oxygen atoms in total. The van der Waals surface area contributed by atoms with Crippen LogP contribution in [-0.2, 0) is 55.8 Å². The molecule has 0 aliphatic carbocycles. The minimum Gasteiger partial charge on any atom is -0.463 e. The first-order valence-electron chi connectivity index (χ1n) is 38.2. The van der Waals surface area contributed by atoms with Crippen molar-refractivity contribution in [3.63, 3.8) is 0 Å². The Morgan fingerprint density at radius 2 is 0.526 bits per heavy atom. The molecule has 18 heteroatoms. The summed E-state index contributed by atoms with van der Waals surface area (Å²) in [5.41, 5.74) is 0. The maximum absolute atomic E-state index is 12.9. The fraction of sp³-hybridized carbons (Fsp3) is 0.805. The van der Waals surface area contributed by atoms with Crippen molar-refractivity contribution >= 4 is 33.6 Å². The van der Waals surface area contributed by atoms with Gasteiger partial charge in [-0.05, 0) is 116 Å². The Morgan fingerprint density at radius 3 is 0.863 bits per heavy atom. The molecule has 0 rings (SSSR count). The molecule has 0 fully saturated rings. The molecular weight excluding hydrogens is 1240 g/mol. The summed E-state index contributed by atoms with van der Waals surface area (Å²) in [6.45, 7) is 2.63. The van der Waals surface area contributed by atoms with Gasteiger partial charge in [-0.15, -0.1) is 0 Å². The molecule has 0 heterocycles. The maximum Gasteiger partial charge on any atom is 0.472 e. The van der Waals surface area contributed by atoms with Gasteiger partial charge in [-0.25, -0.2) is 9.13 Å². The standard InChI is InChI=1S/C77H140O16P2/c1-4-7-10-13-16-19-22-25-26-27-28-29-30-31-32-33-34-35-36-37-38-39-40-41-42-43-44-47-49-51-54-57-60-63-75(80)87-66-72(78)67-89-94(83,84)90-68-73(79)69-91-95(85,86)92-71-74(93-77(82)65-62-59-56-53-50-46-24-21-18-15-12-9-6-3)70-88-76(81)64-61-58-55-52-48-45-23-20-17-14-11-8-5-2/h16,19-21,23-26,28-29,31-32,72-74,78-79H,4-15,17-18,22,27,30,33-71H2,1-3H3,(H,83,84)(H,85,86)/b19-16-,23-20-,24-21-,26-25-,29-28-,32-31-. The Labute approximate surface area is 579 Å². The van der Waals surface area contributed by atoms with E-state index >= 15 is 0 Å². The summed E-state index contributed by atoms with van der Waals surface area (Å²) < 4.78 is 60.9. The molecule has 554 valence electrons. The van der Waals surface area contributed by atoms with Gasteiger partial charge in [0.25, 0.3) is 0 Å². The third kappa shape index (κ3) is 72.1. The van der Waals surface area contributed by atoms with Crippen molar-refractivity contribution in [2.24, 2.45) is 0 Å². The van der Waals surface area contributed by atoms with Crippen molar-refractivity contribution in [3.8, 4) is 0 Å². The van der Waals surface area contributed by atoms with E-state index in [0.717, 1.165) is 116 Å². The van der Waals surface area contributed by atoms with Crippen molar-refractivity contribution in [2.75, 3.05) is 39.6 Å². The lowest BCUT2D eigenvalue weighted by atomic mass is 10.0. The van der Waals surface area contributed by atoms with Crippen LogP contribution >= 0.6 is 15.6 Å². The van der Waals surface area contributed by atoms with Crippen molar-refractivity contribution in [3.05, 3.63) is 72.9 Å². The van der Waals surface area contributed by atoms with Gasteiger partial charge in [-0.1, -0.05) is 280 Å². The highest BCUT2D eigenvalue weighted by Gasteiger charge is 2.29. The molecule has 0 saturated heterocycles. The molecule has 4 N–H and O–H groups in total. The lowest BCUT2D eigenvalue weighted by Gasteiger charge is -2.21. The number of carbonyl (C=O) groups is 3. The Morgan fingerprint density at radius 1 is 0.295 bits per heavy atom. The van der Waals surface area contributed by atoms with Crippen LogP contribution in [0.3, 0.4) is 0 Å². The van der Waals surface area contributed by atoms with Gasteiger partial charge in [0, 0.05) is 19.3 Å². The normalized spacial score (nSPS) is 14.5. The van der Waals surface area contributed by atoms with Crippen LogP contribution in [0.5, 0.6) is 0 Å². The van der Waals surface area contributed by atoms with Crippen LogP contribution in [0.15, 0.2) is 72.9 Å². The van der Waals surface area contributed by atoms with Gasteiger partial charge in [-0.2, -0.15) is 0 Å². The van der Waals surface area contributed by atoms with Crippen LogP contribution in [0.4, 0.5) is 0 Å². The predicted octanol–water partition coefficient (Wildman–Crippen LogP) is 21.9. The number of unbranched alkanes of at least 4 members (excludes halogenated alkanes) is 38. The number of allylic oxidation sites excluding steroid dienone is 12. The minimum absolute atomic E-state index is 0.0961. The SMILES string of the molecule is CCCCC/C=C\C/C=C\C/C=C\C/C=C\CCCCCCCCCCCCCCCCCCCC(=O)OCC(O)COP(=O)(O)OCC(O)COP(=O)(O)OCC(COC(=O)CCCCCCC/C=C\CCCCCC)OC(=O)CCCCCCC/C=C\CCCCCC.